The van der Waals surface area contributed by atoms with Crippen molar-refractivity contribution in [2.24, 2.45) is 0 Å². The van der Waals surface area contributed by atoms with Crippen LogP contribution in [0.15, 0.2) is 60.7 Å². The molecule has 3 aromatic carbocycles. The Morgan fingerprint density at radius 3 is 2.55 bits per heavy atom. The molecule has 0 spiro atoms. The number of aromatic amines is 1. The van der Waals surface area contributed by atoms with E-state index in [4.69, 9.17) is 4.98 Å². The van der Waals surface area contributed by atoms with Gasteiger partial charge in [0.1, 0.15) is 5.82 Å². The van der Waals surface area contributed by atoms with Crippen LogP contribution in [0.1, 0.15) is 5.56 Å². The lowest BCUT2D eigenvalue weighted by Crippen LogP contribution is -1.81. The lowest BCUT2D eigenvalue weighted by molar-refractivity contribution is 1.33. The lowest BCUT2D eigenvalue weighted by Gasteiger charge is -2.00. The van der Waals surface area contributed by atoms with E-state index in [1.807, 2.05) is 0 Å². The predicted molar refractivity (Wildman–Crippen MR) is 83.8 cm³/mol. The second kappa shape index (κ2) is 4.20. The maximum absolute atomic E-state index is 4.73. The van der Waals surface area contributed by atoms with Gasteiger partial charge in [0.25, 0.3) is 0 Å². The summed E-state index contributed by atoms with van der Waals surface area (Å²) in [7, 11) is 0. The number of rotatable bonds is 1. The fourth-order valence-electron chi connectivity index (χ4n) is 2.65. The van der Waals surface area contributed by atoms with Gasteiger partial charge in [-0.1, -0.05) is 48.5 Å². The summed E-state index contributed by atoms with van der Waals surface area (Å²) in [6, 6.07) is 21.0. The van der Waals surface area contributed by atoms with Crippen LogP contribution in [0.25, 0.3) is 33.2 Å². The van der Waals surface area contributed by atoms with Crippen molar-refractivity contribution in [3.05, 3.63) is 66.2 Å². The maximum atomic E-state index is 4.73. The van der Waals surface area contributed by atoms with Crippen LogP contribution in [0.4, 0.5) is 0 Å². The van der Waals surface area contributed by atoms with E-state index in [0.29, 0.717) is 0 Å². The molecule has 0 aliphatic rings. The molecule has 0 saturated carbocycles. The number of hydrogen-bond acceptors (Lipinski definition) is 1. The molecule has 2 nitrogen and oxygen atoms in total. The number of hydrogen-bond donors (Lipinski definition) is 1. The van der Waals surface area contributed by atoms with Crippen LogP contribution in [-0.4, -0.2) is 9.97 Å². The van der Waals surface area contributed by atoms with Gasteiger partial charge in [0.2, 0.25) is 0 Å². The molecule has 0 radical (unpaired) electrons. The molecule has 20 heavy (non-hydrogen) atoms. The standard InChI is InChI=1S/C18H14N2/c1-12-5-4-8-16-17(12)20-18(19-16)15-10-9-13-6-2-3-7-14(13)11-15/h2-11H,1H3,(H,19,20). The smallest absolute Gasteiger partial charge is 0.138 e. The van der Waals surface area contributed by atoms with Crippen LogP contribution >= 0.6 is 0 Å². The summed E-state index contributed by atoms with van der Waals surface area (Å²) in [4.78, 5) is 8.14. The third-order valence-electron chi connectivity index (χ3n) is 3.74. The van der Waals surface area contributed by atoms with E-state index in [2.05, 4.69) is 72.6 Å². The molecule has 2 heteroatoms. The zero-order chi connectivity index (χ0) is 13.5. The van der Waals surface area contributed by atoms with Crippen LogP contribution in [0, 0.1) is 6.92 Å². The molecule has 0 fully saturated rings. The van der Waals surface area contributed by atoms with Gasteiger partial charge in [-0.05, 0) is 35.4 Å². The van der Waals surface area contributed by atoms with Crippen molar-refractivity contribution in [3.63, 3.8) is 0 Å². The molecular formula is C18H14N2. The van der Waals surface area contributed by atoms with E-state index >= 15 is 0 Å². The monoisotopic (exact) mass is 258 g/mol. The number of H-pyrrole nitrogens is 1. The Hall–Kier alpha value is -2.61. The Kier molecular flexibility index (Phi) is 2.36. The molecule has 4 rings (SSSR count). The number of nitrogens with one attached hydrogen (secondary N) is 1. The number of aryl methyl sites for hydroxylation is 1. The Morgan fingerprint density at radius 1 is 0.850 bits per heavy atom. The van der Waals surface area contributed by atoms with Crippen molar-refractivity contribution in [2.45, 2.75) is 6.92 Å². The molecule has 1 aromatic heterocycles. The van der Waals surface area contributed by atoms with Crippen LogP contribution in [0.5, 0.6) is 0 Å². The molecule has 0 aliphatic carbocycles. The van der Waals surface area contributed by atoms with Crippen molar-refractivity contribution >= 4 is 21.8 Å². The maximum Gasteiger partial charge on any atom is 0.138 e. The molecule has 0 atom stereocenters. The molecular weight excluding hydrogens is 244 g/mol. The second-order valence-electron chi connectivity index (χ2n) is 5.12. The van der Waals surface area contributed by atoms with Gasteiger partial charge in [-0.15, -0.1) is 0 Å². The Bertz CT molecular complexity index is 919. The van der Waals surface area contributed by atoms with Gasteiger partial charge >= 0.3 is 0 Å². The Morgan fingerprint density at radius 2 is 1.70 bits per heavy atom. The van der Waals surface area contributed by atoms with Gasteiger partial charge < -0.3 is 4.98 Å². The molecule has 0 bridgehead atoms. The largest absolute Gasteiger partial charge is 0.338 e. The van der Waals surface area contributed by atoms with E-state index in [-0.39, 0.29) is 0 Å². The minimum absolute atomic E-state index is 0.931. The highest BCUT2D eigenvalue weighted by atomic mass is 14.9. The lowest BCUT2D eigenvalue weighted by atomic mass is 10.1. The van der Waals surface area contributed by atoms with E-state index in [1.165, 1.54) is 16.3 Å². The average molecular weight is 258 g/mol. The quantitative estimate of drug-likeness (QED) is 0.527. The summed E-state index contributed by atoms with van der Waals surface area (Å²) in [5, 5.41) is 2.49. The number of para-hydroxylation sites is 1. The number of nitrogens with zero attached hydrogens (tertiary/aromatic N) is 1. The molecule has 1 heterocycles. The minimum atomic E-state index is 0.931. The SMILES string of the molecule is Cc1cccc2[nH]c(-c3ccc4ccccc4c3)nc12. The summed E-state index contributed by atoms with van der Waals surface area (Å²) >= 11 is 0. The van der Waals surface area contributed by atoms with Crippen LogP contribution in [0.2, 0.25) is 0 Å². The summed E-state index contributed by atoms with van der Waals surface area (Å²) in [6.45, 7) is 2.09. The van der Waals surface area contributed by atoms with Gasteiger partial charge in [0.15, 0.2) is 0 Å². The van der Waals surface area contributed by atoms with Crippen molar-refractivity contribution < 1.29 is 0 Å². The second-order valence-corrected chi connectivity index (χ2v) is 5.12. The van der Waals surface area contributed by atoms with Gasteiger partial charge in [0, 0.05) is 5.56 Å². The minimum Gasteiger partial charge on any atom is -0.338 e. The van der Waals surface area contributed by atoms with Crippen LogP contribution in [0.3, 0.4) is 0 Å². The Balaban J connectivity index is 1.94. The van der Waals surface area contributed by atoms with E-state index < -0.39 is 0 Å². The normalized spacial score (nSPS) is 11.2. The van der Waals surface area contributed by atoms with Gasteiger partial charge in [-0.25, -0.2) is 4.98 Å². The summed E-state index contributed by atoms with van der Waals surface area (Å²) in [5.41, 5.74) is 4.47. The Labute approximate surface area is 117 Å². The van der Waals surface area contributed by atoms with Crippen LogP contribution in [-0.2, 0) is 0 Å². The zero-order valence-electron chi connectivity index (χ0n) is 11.2. The van der Waals surface area contributed by atoms with E-state index in [9.17, 15) is 0 Å². The third kappa shape index (κ3) is 1.69. The van der Waals surface area contributed by atoms with E-state index in [0.717, 1.165) is 22.4 Å². The highest BCUT2D eigenvalue weighted by molar-refractivity contribution is 5.88. The molecule has 0 saturated heterocycles. The average Bonchev–Trinajstić information content (AvgIpc) is 2.92. The first-order chi connectivity index (χ1) is 9.81. The molecule has 4 aromatic rings. The van der Waals surface area contributed by atoms with Crippen molar-refractivity contribution in [2.75, 3.05) is 0 Å². The fraction of sp³-hybridized carbons (Fsp3) is 0.0556. The van der Waals surface area contributed by atoms with Gasteiger partial charge in [-0.3, -0.25) is 0 Å². The van der Waals surface area contributed by atoms with Crippen molar-refractivity contribution in [1.29, 1.82) is 0 Å². The van der Waals surface area contributed by atoms with Gasteiger partial charge in [-0.2, -0.15) is 0 Å². The highest BCUT2D eigenvalue weighted by Gasteiger charge is 2.07. The number of fused-ring (bicyclic) bond motifs is 2. The highest BCUT2D eigenvalue weighted by Crippen LogP contribution is 2.25. The van der Waals surface area contributed by atoms with Crippen molar-refractivity contribution in [1.82, 2.24) is 9.97 Å². The number of benzene rings is 3. The fourth-order valence-corrected chi connectivity index (χ4v) is 2.65. The molecule has 0 aliphatic heterocycles. The number of imidazole rings is 1. The van der Waals surface area contributed by atoms with Crippen molar-refractivity contribution in [3.8, 4) is 11.4 Å². The number of aromatic nitrogens is 2. The first kappa shape index (κ1) is 11.2. The first-order valence-electron chi connectivity index (χ1n) is 6.76. The molecule has 1 N–H and O–H groups in total. The topological polar surface area (TPSA) is 28.7 Å². The first-order valence-corrected chi connectivity index (χ1v) is 6.76. The summed E-state index contributed by atoms with van der Waals surface area (Å²) in [5.74, 6) is 0.931. The third-order valence-corrected chi connectivity index (χ3v) is 3.74. The zero-order valence-corrected chi connectivity index (χ0v) is 11.2. The summed E-state index contributed by atoms with van der Waals surface area (Å²) in [6.07, 6.45) is 0. The molecule has 96 valence electrons. The predicted octanol–water partition coefficient (Wildman–Crippen LogP) is 4.69. The van der Waals surface area contributed by atoms with Crippen LogP contribution < -0.4 is 0 Å². The van der Waals surface area contributed by atoms with E-state index in [1.54, 1.807) is 0 Å². The van der Waals surface area contributed by atoms with Gasteiger partial charge in [0.05, 0.1) is 11.0 Å². The molecule has 0 amide bonds. The molecule has 0 unspecified atom stereocenters. The summed E-state index contributed by atoms with van der Waals surface area (Å²) < 4.78 is 0.